The van der Waals surface area contributed by atoms with Gasteiger partial charge in [0.2, 0.25) is 0 Å². The second kappa shape index (κ2) is 15.5. The number of ether oxygens (including phenoxy) is 1. The van der Waals surface area contributed by atoms with Crippen LogP contribution in [-0.2, 0) is 4.74 Å². The lowest BCUT2D eigenvalue weighted by Crippen LogP contribution is -2.50. The second-order valence-corrected chi connectivity index (χ2v) is 10.8. The Balaban J connectivity index is 1.43. The van der Waals surface area contributed by atoms with Crippen LogP contribution in [-0.4, -0.2) is 84.3 Å². The molecule has 0 aromatic carbocycles. The maximum absolute atomic E-state index is 14.1. The van der Waals surface area contributed by atoms with Crippen LogP contribution in [0.3, 0.4) is 0 Å². The Morgan fingerprint density at radius 2 is 2.08 bits per heavy atom. The summed E-state index contributed by atoms with van der Waals surface area (Å²) in [4.78, 5) is 12.4. The molecule has 8 atom stereocenters. The van der Waals surface area contributed by atoms with E-state index in [0.29, 0.717) is 37.0 Å². The second-order valence-electron chi connectivity index (χ2n) is 10.8. The van der Waals surface area contributed by atoms with Gasteiger partial charge in [-0.2, -0.15) is 0 Å². The van der Waals surface area contributed by atoms with Crippen LogP contribution < -0.4 is 26.6 Å². The van der Waals surface area contributed by atoms with Gasteiger partial charge in [-0.1, -0.05) is 25.7 Å². The summed E-state index contributed by atoms with van der Waals surface area (Å²) >= 11 is 0. The van der Waals surface area contributed by atoms with E-state index in [1.54, 1.807) is 6.08 Å². The molecule has 1 heterocycles. The number of likely N-dealkylation sites (N-methyl/N-ethyl adjacent to an activating group) is 1. The first kappa shape index (κ1) is 31.3. The highest BCUT2D eigenvalue weighted by Gasteiger charge is 2.29. The SMILES string of the molecule is C=C(C[C@@H](NC)[C@@H]1C[C@H](O[C@@H]2CC=C(NC(=O)NC3=C[C@H](C)CC[C@@H]3F)CC2)C=CN1)[C@@H](O)NCC(O)CO. The maximum Gasteiger partial charge on any atom is 0.323 e. The van der Waals surface area contributed by atoms with Gasteiger partial charge in [-0.05, 0) is 75.8 Å². The summed E-state index contributed by atoms with van der Waals surface area (Å²) in [5.41, 5.74) is 1.75. The zero-order chi connectivity index (χ0) is 28.4. The van der Waals surface area contributed by atoms with E-state index >= 15 is 0 Å². The minimum absolute atomic E-state index is 0.0143. The fraction of sp³-hybridized carbons (Fsp3) is 0.679. The Morgan fingerprint density at radius 1 is 1.28 bits per heavy atom. The van der Waals surface area contributed by atoms with Crippen molar-refractivity contribution in [1.29, 1.82) is 0 Å². The summed E-state index contributed by atoms with van der Waals surface area (Å²) in [6, 6.07) is -0.370. The summed E-state index contributed by atoms with van der Waals surface area (Å²) in [5.74, 6) is 0.255. The molecule has 1 aliphatic heterocycles. The summed E-state index contributed by atoms with van der Waals surface area (Å²) in [6.07, 6.45) is 9.11. The van der Waals surface area contributed by atoms with Crippen molar-refractivity contribution in [2.75, 3.05) is 20.2 Å². The summed E-state index contributed by atoms with van der Waals surface area (Å²) in [5, 5.41) is 43.7. The van der Waals surface area contributed by atoms with Gasteiger partial charge in [-0.25, -0.2) is 9.18 Å². The van der Waals surface area contributed by atoms with Crippen molar-refractivity contribution in [1.82, 2.24) is 26.6 Å². The molecule has 0 saturated heterocycles. The highest BCUT2D eigenvalue weighted by Crippen LogP contribution is 2.26. The van der Waals surface area contributed by atoms with E-state index in [9.17, 15) is 19.4 Å². The number of rotatable bonds is 13. The van der Waals surface area contributed by atoms with Crippen LogP contribution in [0.15, 0.2) is 48.0 Å². The Bertz CT molecular complexity index is 913. The predicted molar refractivity (Wildman–Crippen MR) is 148 cm³/mol. The van der Waals surface area contributed by atoms with Crippen molar-refractivity contribution in [3.05, 3.63) is 48.0 Å². The molecule has 10 nitrogen and oxygen atoms in total. The number of allylic oxidation sites excluding steroid dienone is 3. The van der Waals surface area contributed by atoms with Crippen molar-refractivity contribution in [3.63, 3.8) is 0 Å². The Labute approximate surface area is 230 Å². The molecule has 0 aromatic rings. The first-order valence-corrected chi connectivity index (χ1v) is 13.9. The van der Waals surface area contributed by atoms with Crippen LogP contribution >= 0.6 is 0 Å². The maximum atomic E-state index is 14.1. The lowest BCUT2D eigenvalue weighted by atomic mass is 9.93. The number of alkyl halides is 1. The number of nitrogens with one attached hydrogen (secondary N) is 5. The van der Waals surface area contributed by atoms with Gasteiger partial charge in [-0.15, -0.1) is 0 Å². The molecule has 220 valence electrons. The number of halogens is 1. The lowest BCUT2D eigenvalue weighted by Gasteiger charge is -2.35. The van der Waals surface area contributed by atoms with Gasteiger partial charge in [0.15, 0.2) is 0 Å². The molecule has 0 saturated carbocycles. The van der Waals surface area contributed by atoms with Crippen molar-refractivity contribution < 1.29 is 29.2 Å². The van der Waals surface area contributed by atoms with E-state index in [4.69, 9.17) is 9.84 Å². The van der Waals surface area contributed by atoms with Crippen LogP contribution in [0.1, 0.15) is 51.9 Å². The zero-order valence-corrected chi connectivity index (χ0v) is 23.0. The van der Waals surface area contributed by atoms with Crippen LogP contribution in [0.25, 0.3) is 0 Å². The number of carbonyl (C=O) groups excluding carboxylic acids is 1. The topological polar surface area (TPSA) is 147 Å². The third-order valence-electron chi connectivity index (χ3n) is 7.53. The van der Waals surface area contributed by atoms with Gasteiger partial charge in [0.05, 0.1) is 24.9 Å². The number of aliphatic hydroxyl groups excluding tert-OH is 3. The molecular weight excluding hydrogens is 505 g/mol. The predicted octanol–water partition coefficient (Wildman–Crippen LogP) is 1.43. The molecule has 2 aliphatic carbocycles. The number of urea groups is 1. The number of aliphatic hydroxyl groups is 3. The third kappa shape index (κ3) is 10.0. The van der Waals surface area contributed by atoms with Crippen molar-refractivity contribution >= 4 is 6.03 Å². The van der Waals surface area contributed by atoms with Gasteiger partial charge in [0, 0.05) is 30.0 Å². The summed E-state index contributed by atoms with van der Waals surface area (Å²) < 4.78 is 20.5. The molecule has 0 aromatic heterocycles. The molecule has 2 amide bonds. The average Bonchev–Trinajstić information content (AvgIpc) is 2.93. The van der Waals surface area contributed by atoms with E-state index in [2.05, 4.69) is 33.2 Å². The molecule has 11 heteroatoms. The molecule has 3 rings (SSSR count). The fourth-order valence-electron chi connectivity index (χ4n) is 5.14. The molecule has 0 bridgehead atoms. The standard InChI is InChI=1S/C28H46FN5O5/c1-17-4-9-23(29)24(12-17)34-28(38)33-19-5-7-21(8-6-19)39-22-10-11-31-26(14-22)25(30-3)13-18(2)27(37)32-15-20(36)16-35/h5,10-12,17,20-23,25-27,30-32,35-37H,2,4,6-9,13-16H2,1,3H3,(H2,33,34,38)/t17-,20?,21-,22-,23+,25-,26+,27-/m1/s1. The molecule has 0 spiro atoms. The van der Waals surface area contributed by atoms with E-state index in [1.165, 1.54) is 0 Å². The van der Waals surface area contributed by atoms with Crippen LogP contribution in [0, 0.1) is 5.92 Å². The number of hydrogen-bond donors (Lipinski definition) is 8. The van der Waals surface area contributed by atoms with Crippen molar-refractivity contribution in [2.45, 2.75) is 94.7 Å². The normalized spacial score (nSPS) is 29.3. The number of hydrogen-bond acceptors (Lipinski definition) is 8. The average molecular weight is 552 g/mol. The van der Waals surface area contributed by atoms with Gasteiger partial charge < -0.3 is 41.3 Å². The summed E-state index contributed by atoms with van der Waals surface area (Å²) in [7, 11) is 1.86. The Hall–Kier alpha value is -2.28. The van der Waals surface area contributed by atoms with Crippen LogP contribution in [0.4, 0.5) is 9.18 Å². The highest BCUT2D eigenvalue weighted by atomic mass is 19.1. The minimum Gasteiger partial charge on any atom is -0.394 e. The quantitative estimate of drug-likeness (QED) is 0.127. The lowest BCUT2D eigenvalue weighted by molar-refractivity contribution is -0.00498. The third-order valence-corrected chi connectivity index (χ3v) is 7.53. The summed E-state index contributed by atoms with van der Waals surface area (Å²) in [6.45, 7) is 5.68. The smallest absolute Gasteiger partial charge is 0.323 e. The Morgan fingerprint density at radius 3 is 2.77 bits per heavy atom. The first-order chi connectivity index (χ1) is 18.7. The van der Waals surface area contributed by atoms with Crippen molar-refractivity contribution in [3.8, 4) is 0 Å². The number of carbonyl (C=O) groups is 1. The van der Waals surface area contributed by atoms with Crippen molar-refractivity contribution in [2.24, 2.45) is 5.92 Å². The van der Waals surface area contributed by atoms with Crippen LogP contribution in [0.5, 0.6) is 0 Å². The molecule has 1 unspecified atom stereocenters. The molecule has 0 radical (unpaired) electrons. The number of amides is 2. The molecule has 39 heavy (non-hydrogen) atoms. The van der Waals surface area contributed by atoms with Gasteiger partial charge in [0.25, 0.3) is 0 Å². The molecule has 8 N–H and O–H groups in total. The molecular formula is C28H46FN5O5. The fourth-order valence-corrected chi connectivity index (χ4v) is 5.14. The monoisotopic (exact) mass is 551 g/mol. The largest absolute Gasteiger partial charge is 0.394 e. The van der Waals surface area contributed by atoms with Gasteiger partial charge in [0.1, 0.15) is 12.4 Å². The van der Waals surface area contributed by atoms with Gasteiger partial charge in [-0.3, -0.25) is 5.32 Å². The Kier molecular flexibility index (Phi) is 12.4. The minimum atomic E-state index is -1.12. The first-order valence-electron chi connectivity index (χ1n) is 13.9. The van der Waals surface area contributed by atoms with Crippen LogP contribution in [0.2, 0.25) is 0 Å². The van der Waals surface area contributed by atoms with E-state index in [-0.39, 0.29) is 43.4 Å². The van der Waals surface area contributed by atoms with Gasteiger partial charge >= 0.3 is 6.03 Å². The van der Waals surface area contributed by atoms with E-state index in [0.717, 1.165) is 25.0 Å². The van der Waals surface area contributed by atoms with E-state index < -0.39 is 24.5 Å². The molecule has 0 fully saturated rings. The highest BCUT2D eigenvalue weighted by molar-refractivity contribution is 5.77. The van der Waals surface area contributed by atoms with E-state index in [1.807, 2.05) is 32.3 Å². The zero-order valence-electron chi connectivity index (χ0n) is 23.0. The molecule has 3 aliphatic rings.